The highest BCUT2D eigenvalue weighted by Crippen LogP contribution is 2.55. The summed E-state index contributed by atoms with van der Waals surface area (Å²) < 4.78 is 113. The number of rotatable bonds is 30. The van der Waals surface area contributed by atoms with Gasteiger partial charge in [0.2, 0.25) is 0 Å². The second kappa shape index (κ2) is 40.0. The van der Waals surface area contributed by atoms with Crippen LogP contribution in [0.2, 0.25) is 15.1 Å². The van der Waals surface area contributed by atoms with Crippen LogP contribution in [0.5, 0.6) is 17.2 Å². The van der Waals surface area contributed by atoms with E-state index in [9.17, 15) is 73.1 Å². The molecule has 3 saturated carbocycles. The molecule has 1 amide bonds. The van der Waals surface area contributed by atoms with E-state index in [1.54, 1.807) is 57.2 Å². The van der Waals surface area contributed by atoms with Crippen LogP contribution >= 0.6 is 82.0 Å². The van der Waals surface area contributed by atoms with Crippen molar-refractivity contribution in [1.82, 2.24) is 29.3 Å². The molecule has 0 bridgehead atoms. The Morgan fingerprint density at radius 2 is 0.786 bits per heavy atom. The minimum Gasteiger partial charge on any atom is -0.462 e. The summed E-state index contributed by atoms with van der Waals surface area (Å²) in [5.41, 5.74) is -6.37. The molecule has 3 aliphatic carbocycles. The van der Waals surface area contributed by atoms with Crippen LogP contribution < -0.4 is 30.0 Å². The first-order valence-electron chi connectivity index (χ1n) is 38.1. The van der Waals surface area contributed by atoms with Gasteiger partial charge in [-0.2, -0.15) is 0 Å². The van der Waals surface area contributed by atoms with Crippen molar-refractivity contribution in [2.24, 2.45) is 17.8 Å². The van der Waals surface area contributed by atoms with E-state index in [0.29, 0.717) is 15.1 Å². The Labute approximate surface area is 699 Å². The number of H-pyrrole nitrogens is 2. The summed E-state index contributed by atoms with van der Waals surface area (Å²) in [4.78, 5) is 79.1. The number of benzene rings is 3. The van der Waals surface area contributed by atoms with Gasteiger partial charge in [-0.05, 0) is 195 Å². The molecular formula is C76H98Cl3N6O27P3S2. The number of aromatic nitrogens is 4. The zero-order chi connectivity index (χ0) is 85.1. The molecule has 0 spiro atoms. The number of nitrogens with one attached hydrogen (secondary N) is 3. The minimum atomic E-state index is -4.03. The molecule has 2 aromatic heterocycles. The molecule has 3 saturated heterocycles. The summed E-state index contributed by atoms with van der Waals surface area (Å²) in [6, 6.07) is 20.8. The lowest BCUT2D eigenvalue weighted by molar-refractivity contribution is -0.153. The SMILES string of the molecule is C=C1NC(=O)C=CN1[C@@H]1O[C@H](CO[P@](=O)(C[C@@H](C)C(=O)OC2CCCC2)Oc2ccc(Cl)cc2)[C@H](O)C1(C)O.C[C@H](CP(=O)(OC[C@H]1O[C@@H](n2ccc(=O)[nH]c2=S)C(C)(O)[C@H]1O)Oc1ccc(Cl)cc1)C(=O)OC1CCCC1.C[C@H](C[P@](=O)(OC[C@H]1O[C@@H](n2ccc(=O)[nH]c2=S)C(C)(O)[C@H]1O)Oc1ccc(Cl)cc1)C(=O)OC1CCCC1. The molecule has 18 atom stereocenters. The Bertz CT molecular complexity index is 4530. The van der Waals surface area contributed by atoms with Crippen LogP contribution in [-0.4, -0.2) is 195 Å². The average Bonchev–Trinajstić information content (AvgIpc) is 1.63. The fourth-order valence-corrected chi connectivity index (χ4v) is 20.5. The number of carbonyl (C=O) groups excluding carboxylic acids is 4. The average molecular weight is 1790 g/mol. The molecule has 3 aromatic carbocycles. The highest BCUT2D eigenvalue weighted by molar-refractivity contribution is 7.71. The van der Waals surface area contributed by atoms with Gasteiger partial charge in [-0.3, -0.25) is 61.4 Å². The summed E-state index contributed by atoms with van der Waals surface area (Å²) in [6.45, 7) is 11.2. The molecule has 41 heteroatoms. The van der Waals surface area contributed by atoms with Crippen molar-refractivity contribution in [2.45, 2.75) is 209 Å². The first-order chi connectivity index (χ1) is 55.1. The van der Waals surface area contributed by atoms with Crippen molar-refractivity contribution in [2.75, 3.05) is 38.3 Å². The van der Waals surface area contributed by atoms with E-state index >= 15 is 0 Å². The molecular weight excluding hydrogens is 1690 g/mol. The zero-order valence-corrected chi connectivity index (χ0v) is 71.5. The molecule has 6 heterocycles. The Kier molecular flexibility index (Phi) is 31.7. The predicted octanol–water partition coefficient (Wildman–Crippen LogP) is 11.3. The van der Waals surface area contributed by atoms with Gasteiger partial charge < -0.3 is 82.8 Å². The van der Waals surface area contributed by atoms with E-state index in [2.05, 4.69) is 21.9 Å². The van der Waals surface area contributed by atoms with E-state index in [1.807, 2.05) is 0 Å². The van der Waals surface area contributed by atoms with Crippen LogP contribution in [0.1, 0.15) is 131 Å². The largest absolute Gasteiger partial charge is 0.462 e. The number of hydrogen-bond acceptors (Lipinski definition) is 30. The van der Waals surface area contributed by atoms with Crippen LogP contribution in [0.4, 0.5) is 0 Å². The van der Waals surface area contributed by atoms with Crippen molar-refractivity contribution in [1.29, 1.82) is 0 Å². The van der Waals surface area contributed by atoms with Gasteiger partial charge in [0.25, 0.3) is 17.0 Å². The smallest absolute Gasteiger partial charge is 0.380 e. The lowest BCUT2D eigenvalue weighted by Crippen LogP contribution is -2.53. The van der Waals surface area contributed by atoms with Crippen LogP contribution in [0.3, 0.4) is 0 Å². The number of aliphatic hydroxyl groups is 6. The van der Waals surface area contributed by atoms with Gasteiger partial charge >= 0.3 is 40.7 Å². The number of halogens is 3. The first-order valence-corrected chi connectivity index (χ1v) is 45.2. The van der Waals surface area contributed by atoms with E-state index < -0.39 is 167 Å². The molecule has 4 unspecified atom stereocenters. The molecule has 12 rings (SSSR count). The monoisotopic (exact) mass is 1790 g/mol. The summed E-state index contributed by atoms with van der Waals surface area (Å²) in [5, 5.41) is 69.5. The van der Waals surface area contributed by atoms with E-state index in [-0.39, 0.29) is 69.4 Å². The molecule has 5 aromatic rings. The van der Waals surface area contributed by atoms with Crippen LogP contribution in [0.25, 0.3) is 0 Å². The quantitative estimate of drug-likeness (QED) is 0.00892. The first kappa shape index (κ1) is 92.8. The number of nitrogens with zero attached hydrogens (tertiary/aromatic N) is 3. The summed E-state index contributed by atoms with van der Waals surface area (Å²) in [5.74, 6) is -3.56. The fraction of sp³-hybridized carbons (Fsp3) is 0.553. The topological polar surface area (TPSA) is 442 Å². The van der Waals surface area contributed by atoms with Gasteiger partial charge in [-0.25, -0.2) is 13.7 Å². The Balaban J connectivity index is 0.000000185. The number of aliphatic hydroxyl groups excluding tert-OH is 3. The van der Waals surface area contributed by atoms with Gasteiger partial charge in [-0.15, -0.1) is 0 Å². The second-order valence-electron chi connectivity index (χ2n) is 30.4. The van der Waals surface area contributed by atoms with Gasteiger partial charge in [0, 0.05) is 51.9 Å². The number of amides is 1. The highest BCUT2D eigenvalue weighted by atomic mass is 35.5. The third-order valence-electron chi connectivity index (χ3n) is 20.6. The normalized spacial score (nSPS) is 28.3. The molecule has 642 valence electrons. The van der Waals surface area contributed by atoms with Crippen LogP contribution in [0, 0.1) is 27.3 Å². The highest BCUT2D eigenvalue weighted by Gasteiger charge is 2.58. The maximum atomic E-state index is 13.9. The van der Waals surface area contributed by atoms with E-state index in [0.717, 1.165) is 77.0 Å². The van der Waals surface area contributed by atoms with Gasteiger partial charge in [-0.1, -0.05) is 62.2 Å². The third kappa shape index (κ3) is 24.4. The van der Waals surface area contributed by atoms with Crippen LogP contribution in [0.15, 0.2) is 132 Å². The van der Waals surface area contributed by atoms with E-state index in [1.165, 1.54) is 108 Å². The zero-order valence-electron chi connectivity index (χ0n) is 64.9. The fourth-order valence-electron chi connectivity index (χ4n) is 14.0. The number of aromatic amines is 2. The Morgan fingerprint density at radius 1 is 0.504 bits per heavy atom. The van der Waals surface area contributed by atoms with Crippen molar-refractivity contribution < 1.29 is 119 Å². The number of hydrogen-bond donors (Lipinski definition) is 9. The standard InChI is InChI=1S/C26H34ClN2O9P.2C25H32ClN2O9PS/c1-16(24(32)36-19-6-4-5-7-19)15-39(34,38-20-10-8-18(27)9-11-20)35-14-21-23(31)26(3,33)25(37-21)29-13-12-22(30)28-17(29)2;2*1-15(22(31)35-17-5-3-4-6-17)14-38(33,37-18-9-7-16(26)8-10-18)34-13-19-21(30)25(2,32)23(36-19)28-12-11-20(29)27-24(28)39/h8-13,16,19,21,23,25,31,33H,2,4-7,14-15H2,1,3H3,(H,28,30);2*7-12,15,17,19,21,23,30,32H,3-6,13-14H2,1-2H3,(H,27,29,39)/t16-,21-,23+,25-,26?,39-;15-,19-,21+,23-,25?,38?;15-,19-,21+,23-,25?,38+/m111/s1. The summed E-state index contributed by atoms with van der Waals surface area (Å²) >= 11 is 28.2. The second-order valence-corrected chi connectivity index (χ2v) is 38.6. The maximum absolute atomic E-state index is 13.9. The van der Waals surface area contributed by atoms with Crippen molar-refractivity contribution in [3.63, 3.8) is 0 Å². The molecule has 33 nitrogen and oxygen atoms in total. The molecule has 9 N–H and O–H groups in total. The summed E-state index contributed by atoms with van der Waals surface area (Å²) in [6.07, 6.45) is 3.32. The third-order valence-corrected chi connectivity index (χ3v) is 28.1. The molecule has 7 aliphatic rings. The van der Waals surface area contributed by atoms with Crippen molar-refractivity contribution >= 4 is 106 Å². The van der Waals surface area contributed by atoms with Crippen molar-refractivity contribution in [3.8, 4) is 17.2 Å². The minimum absolute atomic E-state index is 0.0205. The number of ether oxygens (including phenoxy) is 6. The van der Waals surface area contributed by atoms with E-state index in [4.69, 9.17) is 115 Å². The van der Waals surface area contributed by atoms with Gasteiger partial charge in [0.1, 0.15) is 94.8 Å². The molecule has 0 radical (unpaired) electrons. The Hall–Kier alpha value is -6.50. The van der Waals surface area contributed by atoms with Gasteiger partial charge in [0.15, 0.2) is 28.2 Å². The molecule has 4 aliphatic heterocycles. The Morgan fingerprint density at radius 3 is 1.07 bits per heavy atom. The molecule has 6 fully saturated rings. The lowest BCUT2D eigenvalue weighted by Gasteiger charge is -2.37. The lowest BCUT2D eigenvalue weighted by atomic mass is 9.96. The predicted molar refractivity (Wildman–Crippen MR) is 430 cm³/mol. The van der Waals surface area contributed by atoms with Crippen LogP contribution in [-0.2, 0) is 74.9 Å². The van der Waals surface area contributed by atoms with Crippen molar-refractivity contribution in [3.05, 3.63) is 167 Å². The van der Waals surface area contributed by atoms with Gasteiger partial charge in [0.05, 0.1) is 56.1 Å². The summed E-state index contributed by atoms with van der Waals surface area (Å²) in [7, 11) is -12.1. The molecule has 117 heavy (non-hydrogen) atoms. The maximum Gasteiger partial charge on any atom is 0.380 e. The number of carbonyl (C=O) groups is 4. The number of esters is 3.